The first-order chi connectivity index (χ1) is 17.3. The van der Waals surface area contributed by atoms with Gasteiger partial charge in [0.1, 0.15) is 0 Å². The second kappa shape index (κ2) is 10.6. The summed E-state index contributed by atoms with van der Waals surface area (Å²) in [5, 5.41) is 23.2. The molecule has 1 unspecified atom stereocenters. The summed E-state index contributed by atoms with van der Waals surface area (Å²) in [4.78, 5) is 25.7. The molecular formula is C29H25ClN2O4. The molecule has 182 valence electrons. The first kappa shape index (κ1) is 24.9. The van der Waals surface area contributed by atoms with Crippen molar-refractivity contribution in [2.24, 2.45) is 5.16 Å². The summed E-state index contributed by atoms with van der Waals surface area (Å²) in [5.41, 5.74) is 6.59. The molecule has 0 saturated carbocycles. The standard InChI is InChI=1S/C29H25ClN2O4/c1-17-14-24(30)11-12-25(17)26(15-27(32-36)23-13-18(2)28(33)31-16-23)21-7-3-19(4-8-21)20-5-9-22(10-6-20)29(34)35/h3-14,16,26,36H,15H2,1-2H3,(H,31,33)(H,34,35)/b32-27+. The van der Waals surface area contributed by atoms with Crippen molar-refractivity contribution in [1.29, 1.82) is 0 Å². The summed E-state index contributed by atoms with van der Waals surface area (Å²) >= 11 is 6.21. The molecule has 0 fully saturated rings. The molecular weight excluding hydrogens is 476 g/mol. The quantitative estimate of drug-likeness (QED) is 0.155. The Bertz CT molecular complexity index is 1490. The molecule has 0 spiro atoms. The van der Waals surface area contributed by atoms with E-state index >= 15 is 0 Å². The first-order valence-electron chi connectivity index (χ1n) is 11.4. The van der Waals surface area contributed by atoms with Crippen molar-refractivity contribution >= 4 is 23.3 Å². The van der Waals surface area contributed by atoms with Crippen LogP contribution in [0.3, 0.4) is 0 Å². The molecule has 1 heterocycles. The Morgan fingerprint density at radius 2 is 1.56 bits per heavy atom. The van der Waals surface area contributed by atoms with Crippen molar-refractivity contribution in [2.75, 3.05) is 0 Å². The number of aromatic amines is 1. The minimum absolute atomic E-state index is 0.149. The lowest BCUT2D eigenvalue weighted by molar-refractivity contribution is 0.0697. The number of benzene rings is 3. The Balaban J connectivity index is 1.72. The molecule has 36 heavy (non-hydrogen) atoms. The zero-order chi connectivity index (χ0) is 25.8. The summed E-state index contributed by atoms with van der Waals surface area (Å²) in [5.74, 6) is -1.11. The van der Waals surface area contributed by atoms with Crippen LogP contribution in [0.2, 0.25) is 5.02 Å². The van der Waals surface area contributed by atoms with Gasteiger partial charge in [0, 0.05) is 34.7 Å². The van der Waals surface area contributed by atoms with Crippen LogP contribution in [-0.4, -0.2) is 27.0 Å². The summed E-state index contributed by atoms with van der Waals surface area (Å²) < 4.78 is 0. The monoisotopic (exact) mass is 500 g/mol. The number of pyridine rings is 1. The number of aryl methyl sites for hydroxylation is 2. The number of halogens is 1. The third-order valence-corrected chi connectivity index (χ3v) is 6.56. The highest BCUT2D eigenvalue weighted by Crippen LogP contribution is 2.34. The van der Waals surface area contributed by atoms with Gasteiger partial charge in [-0.3, -0.25) is 4.79 Å². The van der Waals surface area contributed by atoms with E-state index < -0.39 is 5.97 Å². The van der Waals surface area contributed by atoms with Crippen molar-refractivity contribution in [3.8, 4) is 11.1 Å². The normalized spacial score (nSPS) is 12.4. The Morgan fingerprint density at radius 1 is 0.917 bits per heavy atom. The zero-order valence-corrected chi connectivity index (χ0v) is 20.6. The summed E-state index contributed by atoms with van der Waals surface area (Å²) in [6.45, 7) is 3.70. The van der Waals surface area contributed by atoms with Crippen LogP contribution in [0, 0.1) is 13.8 Å². The smallest absolute Gasteiger partial charge is 0.335 e. The fraction of sp³-hybridized carbons (Fsp3) is 0.138. The van der Waals surface area contributed by atoms with E-state index in [1.165, 1.54) is 0 Å². The number of H-pyrrole nitrogens is 1. The number of hydrogen-bond donors (Lipinski definition) is 3. The second-order valence-corrected chi connectivity index (χ2v) is 9.15. The van der Waals surface area contributed by atoms with E-state index in [1.54, 1.807) is 43.5 Å². The van der Waals surface area contributed by atoms with Gasteiger partial charge in [-0.15, -0.1) is 0 Å². The van der Waals surface area contributed by atoms with Gasteiger partial charge in [-0.25, -0.2) is 4.79 Å². The Kier molecular flexibility index (Phi) is 7.36. The zero-order valence-electron chi connectivity index (χ0n) is 19.8. The number of carboxylic acid groups (broad SMARTS) is 1. The Morgan fingerprint density at radius 3 is 2.11 bits per heavy atom. The Hall–Kier alpha value is -4.16. The van der Waals surface area contributed by atoms with Gasteiger partial charge >= 0.3 is 5.97 Å². The lowest BCUT2D eigenvalue weighted by Gasteiger charge is -2.21. The summed E-state index contributed by atoms with van der Waals surface area (Å²) in [6.07, 6.45) is 1.94. The van der Waals surface area contributed by atoms with Crippen molar-refractivity contribution < 1.29 is 15.1 Å². The summed E-state index contributed by atoms with van der Waals surface area (Å²) in [6, 6.07) is 22.2. The number of hydrogen-bond acceptors (Lipinski definition) is 4. The molecule has 0 amide bonds. The van der Waals surface area contributed by atoms with Crippen LogP contribution >= 0.6 is 11.6 Å². The fourth-order valence-electron chi connectivity index (χ4n) is 4.32. The lowest BCUT2D eigenvalue weighted by Crippen LogP contribution is -2.15. The van der Waals surface area contributed by atoms with E-state index in [0.29, 0.717) is 28.3 Å². The molecule has 0 aliphatic heterocycles. The highest BCUT2D eigenvalue weighted by Gasteiger charge is 2.21. The van der Waals surface area contributed by atoms with Crippen molar-refractivity contribution in [3.05, 3.63) is 128 Å². The maximum absolute atomic E-state index is 11.8. The SMILES string of the molecule is Cc1cc(Cl)ccc1C(C/C(=N\O)c1c[nH]c(=O)c(C)c1)c1ccc(-c2ccc(C(=O)O)cc2)cc1. The molecule has 0 bridgehead atoms. The maximum Gasteiger partial charge on any atom is 0.335 e. The van der Waals surface area contributed by atoms with Crippen molar-refractivity contribution in [2.45, 2.75) is 26.2 Å². The molecule has 0 saturated heterocycles. The van der Waals surface area contributed by atoms with Crippen LogP contribution in [0.15, 0.2) is 88.9 Å². The van der Waals surface area contributed by atoms with Gasteiger partial charge in [0.15, 0.2) is 0 Å². The van der Waals surface area contributed by atoms with Gasteiger partial charge in [-0.1, -0.05) is 59.2 Å². The van der Waals surface area contributed by atoms with Gasteiger partial charge in [-0.2, -0.15) is 0 Å². The highest BCUT2D eigenvalue weighted by atomic mass is 35.5. The number of oxime groups is 1. The molecule has 3 aromatic carbocycles. The van der Waals surface area contributed by atoms with E-state index in [4.69, 9.17) is 16.7 Å². The molecule has 0 radical (unpaired) electrons. The summed E-state index contributed by atoms with van der Waals surface area (Å²) in [7, 11) is 0. The number of carboxylic acids is 1. The van der Waals surface area contributed by atoms with E-state index in [2.05, 4.69) is 10.1 Å². The van der Waals surface area contributed by atoms with Crippen LogP contribution in [0.1, 0.15) is 50.5 Å². The minimum Gasteiger partial charge on any atom is -0.478 e. The fourth-order valence-corrected chi connectivity index (χ4v) is 4.55. The molecule has 6 nitrogen and oxygen atoms in total. The number of aromatic nitrogens is 1. The van der Waals surface area contributed by atoms with Gasteiger partial charge in [0.25, 0.3) is 5.56 Å². The van der Waals surface area contributed by atoms with Crippen LogP contribution in [0.25, 0.3) is 11.1 Å². The lowest BCUT2D eigenvalue weighted by atomic mass is 9.83. The van der Waals surface area contributed by atoms with E-state index in [-0.39, 0.29) is 17.0 Å². The molecule has 4 rings (SSSR count). The van der Waals surface area contributed by atoms with Gasteiger partial charge in [0.2, 0.25) is 0 Å². The van der Waals surface area contributed by atoms with Gasteiger partial charge < -0.3 is 15.3 Å². The average molecular weight is 501 g/mol. The molecule has 1 aromatic heterocycles. The molecule has 4 aromatic rings. The number of nitrogens with zero attached hydrogens (tertiary/aromatic N) is 1. The van der Waals surface area contributed by atoms with Crippen LogP contribution in [0.4, 0.5) is 0 Å². The molecule has 7 heteroatoms. The number of aromatic carboxylic acids is 1. The Labute approximate surface area is 213 Å². The van der Waals surface area contributed by atoms with Crippen molar-refractivity contribution in [1.82, 2.24) is 4.98 Å². The largest absolute Gasteiger partial charge is 0.478 e. The third-order valence-electron chi connectivity index (χ3n) is 6.33. The average Bonchev–Trinajstić information content (AvgIpc) is 2.87. The van der Waals surface area contributed by atoms with Crippen molar-refractivity contribution in [3.63, 3.8) is 0 Å². The van der Waals surface area contributed by atoms with E-state index in [0.717, 1.165) is 27.8 Å². The highest BCUT2D eigenvalue weighted by molar-refractivity contribution is 6.30. The van der Waals surface area contributed by atoms with E-state index in [1.807, 2.05) is 49.4 Å². The number of rotatable bonds is 7. The predicted octanol–water partition coefficient (Wildman–Crippen LogP) is 6.41. The maximum atomic E-state index is 11.8. The molecule has 1 atom stereocenters. The van der Waals surface area contributed by atoms with E-state index in [9.17, 15) is 14.8 Å². The number of carbonyl (C=O) groups is 1. The molecule has 3 N–H and O–H groups in total. The van der Waals surface area contributed by atoms with Crippen LogP contribution in [-0.2, 0) is 0 Å². The second-order valence-electron chi connectivity index (χ2n) is 8.71. The topological polar surface area (TPSA) is 103 Å². The van der Waals surface area contributed by atoms with Crippen LogP contribution < -0.4 is 5.56 Å². The van der Waals surface area contributed by atoms with Gasteiger partial charge in [-0.05, 0) is 72.0 Å². The van der Waals surface area contributed by atoms with Gasteiger partial charge in [0.05, 0.1) is 11.3 Å². The molecule has 0 aliphatic carbocycles. The van der Waals surface area contributed by atoms with Crippen LogP contribution in [0.5, 0.6) is 0 Å². The first-order valence-corrected chi connectivity index (χ1v) is 11.7. The molecule has 0 aliphatic rings. The predicted molar refractivity (Wildman–Crippen MR) is 142 cm³/mol. The third kappa shape index (κ3) is 5.39. The number of nitrogens with one attached hydrogen (secondary N) is 1. The minimum atomic E-state index is -0.961.